The molecule has 4 unspecified atom stereocenters. The molecule has 0 aromatic heterocycles. The molecule has 0 spiro atoms. The highest BCUT2D eigenvalue weighted by molar-refractivity contribution is 5.86. The van der Waals surface area contributed by atoms with E-state index in [0.717, 1.165) is 25.8 Å². The zero-order chi connectivity index (χ0) is 13.3. The van der Waals surface area contributed by atoms with E-state index in [1.807, 2.05) is 12.2 Å². The third kappa shape index (κ3) is 2.16. The van der Waals surface area contributed by atoms with Crippen LogP contribution in [0, 0.1) is 23.7 Å². The van der Waals surface area contributed by atoms with Gasteiger partial charge in [0.15, 0.2) is 0 Å². The molecule has 0 radical (unpaired) electrons. The summed E-state index contributed by atoms with van der Waals surface area (Å²) < 4.78 is 0. The van der Waals surface area contributed by atoms with Gasteiger partial charge in [0.25, 0.3) is 0 Å². The van der Waals surface area contributed by atoms with Gasteiger partial charge < -0.3 is 10.0 Å². The van der Waals surface area contributed by atoms with Gasteiger partial charge in [0.1, 0.15) is 0 Å². The van der Waals surface area contributed by atoms with Gasteiger partial charge in [-0.05, 0) is 24.7 Å². The third-order valence-electron chi connectivity index (χ3n) is 4.25. The van der Waals surface area contributed by atoms with Gasteiger partial charge in [-0.2, -0.15) is 0 Å². The number of carboxylic acids is 1. The van der Waals surface area contributed by atoms with Crippen molar-refractivity contribution in [1.29, 1.82) is 0 Å². The molecule has 0 aromatic carbocycles. The molecule has 1 N–H and O–H groups in total. The molecule has 0 saturated heterocycles. The van der Waals surface area contributed by atoms with Gasteiger partial charge in [-0.25, -0.2) is 0 Å². The smallest absolute Gasteiger partial charge is 0.307 e. The molecule has 2 rings (SSSR count). The third-order valence-corrected chi connectivity index (χ3v) is 4.25. The molecule has 0 aromatic rings. The Hall–Kier alpha value is -1.32. The molecule has 0 aliphatic heterocycles. The first kappa shape index (κ1) is 13.1. The summed E-state index contributed by atoms with van der Waals surface area (Å²) in [6.07, 6.45) is 6.84. The molecule has 100 valence electrons. The van der Waals surface area contributed by atoms with E-state index in [1.165, 1.54) is 0 Å². The molecule has 1 saturated carbocycles. The van der Waals surface area contributed by atoms with Crippen LogP contribution in [0.3, 0.4) is 0 Å². The summed E-state index contributed by atoms with van der Waals surface area (Å²) in [6.45, 7) is 2.80. The van der Waals surface area contributed by atoms with Crippen LogP contribution in [0.25, 0.3) is 0 Å². The number of hydrogen-bond donors (Lipinski definition) is 1. The second-order valence-electron chi connectivity index (χ2n) is 5.45. The minimum Gasteiger partial charge on any atom is -0.481 e. The second kappa shape index (κ2) is 5.12. The monoisotopic (exact) mass is 251 g/mol. The van der Waals surface area contributed by atoms with Crippen molar-refractivity contribution in [3.8, 4) is 0 Å². The van der Waals surface area contributed by atoms with Crippen molar-refractivity contribution in [2.24, 2.45) is 23.7 Å². The topological polar surface area (TPSA) is 57.6 Å². The highest BCUT2D eigenvalue weighted by Crippen LogP contribution is 2.48. The fourth-order valence-corrected chi connectivity index (χ4v) is 3.26. The van der Waals surface area contributed by atoms with Crippen molar-refractivity contribution >= 4 is 11.9 Å². The highest BCUT2D eigenvalue weighted by Gasteiger charge is 2.52. The predicted molar refractivity (Wildman–Crippen MR) is 67.9 cm³/mol. The van der Waals surface area contributed by atoms with Crippen molar-refractivity contribution in [3.63, 3.8) is 0 Å². The number of carboxylic acid groups (broad SMARTS) is 1. The molecule has 1 amide bonds. The zero-order valence-electron chi connectivity index (χ0n) is 11.0. The van der Waals surface area contributed by atoms with Crippen LogP contribution in [0.5, 0.6) is 0 Å². The number of allylic oxidation sites excluding steroid dienone is 2. The first-order chi connectivity index (χ1) is 8.56. The van der Waals surface area contributed by atoms with Crippen LogP contribution < -0.4 is 0 Å². The lowest BCUT2D eigenvalue weighted by molar-refractivity contribution is -0.150. The second-order valence-corrected chi connectivity index (χ2v) is 5.45. The van der Waals surface area contributed by atoms with Crippen LogP contribution in [0.2, 0.25) is 0 Å². The van der Waals surface area contributed by atoms with Crippen LogP contribution in [0.4, 0.5) is 0 Å². The number of fused-ring (bicyclic) bond motifs is 2. The van der Waals surface area contributed by atoms with Gasteiger partial charge in [0.2, 0.25) is 5.91 Å². The fourth-order valence-electron chi connectivity index (χ4n) is 3.26. The van der Waals surface area contributed by atoms with Crippen molar-refractivity contribution in [2.75, 3.05) is 13.6 Å². The molecular formula is C14H21NO3. The van der Waals surface area contributed by atoms with E-state index in [4.69, 9.17) is 0 Å². The molecule has 2 aliphatic rings. The maximum Gasteiger partial charge on any atom is 0.307 e. The number of nitrogens with zero attached hydrogens (tertiary/aromatic N) is 1. The first-order valence-electron chi connectivity index (χ1n) is 6.72. The zero-order valence-corrected chi connectivity index (χ0v) is 11.0. The number of aliphatic carboxylic acids is 1. The lowest BCUT2D eigenvalue weighted by Gasteiger charge is -2.28. The van der Waals surface area contributed by atoms with Crippen LogP contribution >= 0.6 is 0 Å². The van der Waals surface area contributed by atoms with Crippen molar-refractivity contribution in [3.05, 3.63) is 12.2 Å². The minimum atomic E-state index is -0.825. The number of carbonyl (C=O) groups excluding carboxylic acids is 1. The van der Waals surface area contributed by atoms with Crippen molar-refractivity contribution < 1.29 is 14.7 Å². The van der Waals surface area contributed by atoms with Gasteiger partial charge in [-0.15, -0.1) is 0 Å². The van der Waals surface area contributed by atoms with E-state index in [1.54, 1.807) is 11.9 Å². The Kier molecular flexibility index (Phi) is 3.73. The van der Waals surface area contributed by atoms with Gasteiger partial charge in [-0.3, -0.25) is 9.59 Å². The van der Waals surface area contributed by atoms with Crippen LogP contribution in [-0.2, 0) is 9.59 Å². The van der Waals surface area contributed by atoms with E-state index in [9.17, 15) is 14.7 Å². The molecule has 2 bridgehead atoms. The number of unbranched alkanes of at least 4 members (excludes halogenated alkanes) is 1. The summed E-state index contributed by atoms with van der Waals surface area (Å²) in [4.78, 5) is 25.4. The molecule has 18 heavy (non-hydrogen) atoms. The van der Waals surface area contributed by atoms with Gasteiger partial charge in [0, 0.05) is 13.6 Å². The van der Waals surface area contributed by atoms with Crippen LogP contribution in [0.15, 0.2) is 12.2 Å². The van der Waals surface area contributed by atoms with Crippen molar-refractivity contribution in [2.45, 2.75) is 26.2 Å². The molecule has 4 nitrogen and oxygen atoms in total. The number of hydrogen-bond acceptors (Lipinski definition) is 2. The van der Waals surface area contributed by atoms with E-state index < -0.39 is 11.9 Å². The SMILES string of the molecule is CCCCN(C)C(=O)C1C2C=CC(C2)C1C(=O)O. The van der Waals surface area contributed by atoms with E-state index in [0.29, 0.717) is 0 Å². The highest BCUT2D eigenvalue weighted by atomic mass is 16.4. The maximum absolute atomic E-state index is 12.4. The number of rotatable bonds is 5. The van der Waals surface area contributed by atoms with Gasteiger partial charge in [-0.1, -0.05) is 25.5 Å². The Morgan fingerprint density at radius 1 is 1.28 bits per heavy atom. The Morgan fingerprint density at radius 2 is 1.89 bits per heavy atom. The Bertz CT molecular complexity index is 377. The summed E-state index contributed by atoms with van der Waals surface area (Å²) in [5, 5.41) is 9.31. The Balaban J connectivity index is 2.09. The van der Waals surface area contributed by atoms with E-state index in [2.05, 4.69) is 6.92 Å². The fraction of sp³-hybridized carbons (Fsp3) is 0.714. The van der Waals surface area contributed by atoms with Crippen molar-refractivity contribution in [1.82, 2.24) is 4.90 Å². The van der Waals surface area contributed by atoms with Crippen LogP contribution in [-0.4, -0.2) is 35.5 Å². The molecule has 0 heterocycles. The predicted octanol–water partition coefficient (Wildman–Crippen LogP) is 1.77. The largest absolute Gasteiger partial charge is 0.481 e. The summed E-state index contributed by atoms with van der Waals surface area (Å²) in [6, 6.07) is 0. The average molecular weight is 251 g/mol. The summed E-state index contributed by atoms with van der Waals surface area (Å²) >= 11 is 0. The Morgan fingerprint density at radius 3 is 2.44 bits per heavy atom. The van der Waals surface area contributed by atoms with Gasteiger partial charge in [0.05, 0.1) is 11.8 Å². The Labute approximate surface area is 108 Å². The van der Waals surface area contributed by atoms with E-state index in [-0.39, 0.29) is 23.7 Å². The summed E-state index contributed by atoms with van der Waals surface area (Å²) in [7, 11) is 1.78. The minimum absolute atomic E-state index is 0.00713. The lowest BCUT2D eigenvalue weighted by Crippen LogP contribution is -2.41. The molecule has 4 heteroatoms. The van der Waals surface area contributed by atoms with Gasteiger partial charge >= 0.3 is 5.97 Å². The van der Waals surface area contributed by atoms with E-state index >= 15 is 0 Å². The molecular weight excluding hydrogens is 230 g/mol. The standard InChI is InChI=1S/C14H21NO3/c1-3-4-7-15(2)13(16)11-9-5-6-10(8-9)12(11)14(17)18/h5-6,9-12H,3-4,7-8H2,1-2H3,(H,17,18). The maximum atomic E-state index is 12.4. The molecule has 2 aliphatic carbocycles. The number of amides is 1. The normalized spacial score (nSPS) is 32.8. The summed E-state index contributed by atoms with van der Waals surface area (Å²) in [5.41, 5.74) is 0. The number of carbonyl (C=O) groups is 2. The molecule has 1 fully saturated rings. The quantitative estimate of drug-likeness (QED) is 0.758. The van der Waals surface area contributed by atoms with Crippen LogP contribution in [0.1, 0.15) is 26.2 Å². The lowest BCUT2D eigenvalue weighted by atomic mass is 9.82. The molecule has 4 atom stereocenters. The summed E-state index contributed by atoms with van der Waals surface area (Å²) in [5.74, 6) is -1.49. The average Bonchev–Trinajstić information content (AvgIpc) is 2.94. The first-order valence-corrected chi connectivity index (χ1v) is 6.72.